The van der Waals surface area contributed by atoms with E-state index in [1.165, 1.54) is 11.1 Å². The molecule has 1 unspecified atom stereocenters. The molecule has 0 spiro atoms. The van der Waals surface area contributed by atoms with Crippen LogP contribution in [0, 0.1) is 0 Å². The smallest absolute Gasteiger partial charge is 0.254 e. The molecule has 2 atom stereocenters. The van der Waals surface area contributed by atoms with Gasteiger partial charge in [-0.15, -0.1) is 0 Å². The molecule has 2 aliphatic rings. The number of amides is 2. The SMILES string of the molecule is CCc1ccc(C2CN3C(=O)CN(CCc4ccccc4)C(=O)[C@]3(C)c3[nH]c4ccccc4c32)cc1. The van der Waals surface area contributed by atoms with Crippen LogP contribution in [0.3, 0.4) is 0 Å². The highest BCUT2D eigenvalue weighted by atomic mass is 16.2. The Morgan fingerprint density at radius 2 is 1.64 bits per heavy atom. The highest BCUT2D eigenvalue weighted by Crippen LogP contribution is 2.48. The van der Waals surface area contributed by atoms with Gasteiger partial charge in [0.25, 0.3) is 5.91 Å². The summed E-state index contributed by atoms with van der Waals surface area (Å²) in [7, 11) is 0. The first-order valence-corrected chi connectivity index (χ1v) is 12.8. The molecule has 5 heteroatoms. The van der Waals surface area contributed by atoms with Gasteiger partial charge in [0.1, 0.15) is 0 Å². The van der Waals surface area contributed by atoms with Crippen molar-refractivity contribution in [1.29, 1.82) is 0 Å². The van der Waals surface area contributed by atoms with Crippen LogP contribution in [0.2, 0.25) is 0 Å². The van der Waals surface area contributed by atoms with Gasteiger partial charge in [-0.25, -0.2) is 0 Å². The fourth-order valence-electron chi connectivity index (χ4n) is 6.05. The molecular weight excluding hydrogens is 446 g/mol. The minimum atomic E-state index is -1.06. The molecular formula is C31H31N3O2. The molecule has 6 rings (SSSR count). The lowest BCUT2D eigenvalue weighted by Gasteiger charge is -2.51. The summed E-state index contributed by atoms with van der Waals surface area (Å²) in [5.41, 5.74) is 5.56. The predicted octanol–water partition coefficient (Wildman–Crippen LogP) is 5.00. The van der Waals surface area contributed by atoms with Crippen LogP contribution < -0.4 is 0 Å². The van der Waals surface area contributed by atoms with E-state index in [9.17, 15) is 9.59 Å². The van der Waals surface area contributed by atoms with Crippen molar-refractivity contribution in [3.63, 3.8) is 0 Å². The van der Waals surface area contributed by atoms with E-state index in [1.807, 2.05) is 42.2 Å². The number of para-hydroxylation sites is 1. The molecule has 0 bridgehead atoms. The highest BCUT2D eigenvalue weighted by molar-refractivity contribution is 6.01. The molecule has 3 heterocycles. The predicted molar refractivity (Wildman–Crippen MR) is 142 cm³/mol. The molecule has 0 radical (unpaired) electrons. The van der Waals surface area contributed by atoms with E-state index in [-0.39, 0.29) is 24.3 Å². The van der Waals surface area contributed by atoms with Gasteiger partial charge in [0.2, 0.25) is 5.91 Å². The van der Waals surface area contributed by atoms with E-state index in [0.717, 1.165) is 40.6 Å². The maximum absolute atomic E-state index is 14.1. The fraction of sp³-hybridized carbons (Fsp3) is 0.290. The first kappa shape index (κ1) is 22.6. The molecule has 5 nitrogen and oxygen atoms in total. The first-order chi connectivity index (χ1) is 17.5. The largest absolute Gasteiger partial charge is 0.356 e. The third-order valence-corrected chi connectivity index (χ3v) is 8.12. The topological polar surface area (TPSA) is 56.4 Å². The number of nitrogens with zero attached hydrogens (tertiary/aromatic N) is 2. The number of aryl methyl sites for hydroxylation is 1. The minimum absolute atomic E-state index is 0.00255. The molecule has 3 aromatic carbocycles. The second-order valence-electron chi connectivity index (χ2n) is 10.1. The number of aromatic nitrogens is 1. The lowest BCUT2D eigenvalue weighted by Crippen LogP contribution is -2.67. The fourth-order valence-corrected chi connectivity index (χ4v) is 6.05. The maximum atomic E-state index is 14.1. The highest BCUT2D eigenvalue weighted by Gasteiger charge is 2.56. The third kappa shape index (κ3) is 3.45. The Labute approximate surface area is 211 Å². The number of carbonyl (C=O) groups excluding carboxylic acids is 2. The van der Waals surface area contributed by atoms with Crippen LogP contribution >= 0.6 is 0 Å². The molecule has 0 saturated carbocycles. The quantitative estimate of drug-likeness (QED) is 0.440. The van der Waals surface area contributed by atoms with E-state index in [0.29, 0.717) is 13.1 Å². The first-order valence-electron chi connectivity index (χ1n) is 12.8. The van der Waals surface area contributed by atoms with Crippen molar-refractivity contribution in [2.45, 2.75) is 38.1 Å². The van der Waals surface area contributed by atoms with Crippen molar-refractivity contribution in [2.75, 3.05) is 19.6 Å². The van der Waals surface area contributed by atoms with Gasteiger partial charge in [-0.1, -0.05) is 79.7 Å². The van der Waals surface area contributed by atoms with E-state index in [4.69, 9.17) is 0 Å². The van der Waals surface area contributed by atoms with Crippen LogP contribution in [-0.4, -0.2) is 46.2 Å². The number of piperazine rings is 1. The number of benzene rings is 3. The molecule has 182 valence electrons. The molecule has 2 aliphatic heterocycles. The number of carbonyl (C=O) groups is 2. The van der Waals surface area contributed by atoms with Crippen molar-refractivity contribution in [1.82, 2.24) is 14.8 Å². The standard InChI is InChI=1S/C31H31N3O2/c1-3-21-13-15-23(16-14-21)25-19-34-27(35)20-33(18-17-22-9-5-4-6-10-22)30(36)31(34,2)29-28(25)24-11-7-8-12-26(24)32-29/h4-16,25,32H,3,17-20H2,1-2H3/t25?,31-/m0/s1. The Morgan fingerprint density at radius 1 is 0.917 bits per heavy atom. The molecule has 1 saturated heterocycles. The number of H-pyrrole nitrogens is 1. The number of nitrogens with one attached hydrogen (secondary N) is 1. The molecule has 1 fully saturated rings. The molecule has 2 amide bonds. The van der Waals surface area contributed by atoms with Crippen LogP contribution in [-0.2, 0) is 28.0 Å². The van der Waals surface area contributed by atoms with Crippen molar-refractivity contribution in [3.8, 4) is 0 Å². The van der Waals surface area contributed by atoms with Crippen molar-refractivity contribution < 1.29 is 9.59 Å². The van der Waals surface area contributed by atoms with Crippen LogP contribution in [0.25, 0.3) is 10.9 Å². The monoisotopic (exact) mass is 477 g/mol. The molecule has 4 aromatic rings. The molecule has 36 heavy (non-hydrogen) atoms. The zero-order chi connectivity index (χ0) is 24.9. The minimum Gasteiger partial charge on any atom is -0.356 e. The summed E-state index contributed by atoms with van der Waals surface area (Å²) in [6.07, 6.45) is 1.71. The van der Waals surface area contributed by atoms with E-state index in [2.05, 4.69) is 60.4 Å². The summed E-state index contributed by atoms with van der Waals surface area (Å²) in [6.45, 7) is 5.22. The summed E-state index contributed by atoms with van der Waals surface area (Å²) >= 11 is 0. The second kappa shape index (κ2) is 8.66. The van der Waals surface area contributed by atoms with E-state index >= 15 is 0 Å². The van der Waals surface area contributed by atoms with Crippen molar-refractivity contribution >= 4 is 22.7 Å². The summed E-state index contributed by atoms with van der Waals surface area (Å²) < 4.78 is 0. The van der Waals surface area contributed by atoms with Gasteiger partial charge in [-0.3, -0.25) is 9.59 Å². The number of rotatable bonds is 5. The lowest BCUT2D eigenvalue weighted by atomic mass is 9.76. The zero-order valence-electron chi connectivity index (χ0n) is 20.8. The van der Waals surface area contributed by atoms with E-state index < -0.39 is 5.54 Å². The van der Waals surface area contributed by atoms with Gasteiger partial charge in [-0.05, 0) is 48.1 Å². The molecule has 1 aromatic heterocycles. The number of fused-ring (bicyclic) bond motifs is 5. The summed E-state index contributed by atoms with van der Waals surface area (Å²) in [6, 6.07) is 27.1. The Balaban J connectivity index is 1.44. The van der Waals surface area contributed by atoms with Gasteiger partial charge in [0.15, 0.2) is 5.54 Å². The normalized spacial score (nSPS) is 21.6. The van der Waals surface area contributed by atoms with Crippen LogP contribution in [0.15, 0.2) is 78.9 Å². The lowest BCUT2D eigenvalue weighted by molar-refractivity contribution is -0.166. The number of hydrogen-bond acceptors (Lipinski definition) is 2. The van der Waals surface area contributed by atoms with Crippen molar-refractivity contribution in [2.24, 2.45) is 0 Å². The van der Waals surface area contributed by atoms with Gasteiger partial charge >= 0.3 is 0 Å². The number of aromatic amines is 1. The summed E-state index contributed by atoms with van der Waals surface area (Å²) in [4.78, 5) is 34.9. The molecule has 1 N–H and O–H groups in total. The van der Waals surface area contributed by atoms with Crippen LogP contribution in [0.5, 0.6) is 0 Å². The van der Waals surface area contributed by atoms with E-state index in [1.54, 1.807) is 4.90 Å². The Hall–Kier alpha value is -3.86. The Kier molecular flexibility index (Phi) is 5.44. The average molecular weight is 478 g/mol. The molecule has 0 aliphatic carbocycles. The van der Waals surface area contributed by atoms with Gasteiger partial charge in [0, 0.05) is 29.9 Å². The third-order valence-electron chi connectivity index (χ3n) is 8.12. The average Bonchev–Trinajstić information content (AvgIpc) is 3.32. The van der Waals surface area contributed by atoms with Crippen LogP contribution in [0.4, 0.5) is 0 Å². The Bertz CT molecular complexity index is 1440. The van der Waals surface area contributed by atoms with Gasteiger partial charge < -0.3 is 14.8 Å². The van der Waals surface area contributed by atoms with Gasteiger partial charge in [-0.2, -0.15) is 0 Å². The summed E-state index contributed by atoms with van der Waals surface area (Å²) in [5, 5.41) is 1.12. The summed E-state index contributed by atoms with van der Waals surface area (Å²) in [5.74, 6) is -0.00184. The van der Waals surface area contributed by atoms with Gasteiger partial charge in [0.05, 0.1) is 12.2 Å². The van der Waals surface area contributed by atoms with Crippen molar-refractivity contribution in [3.05, 3.63) is 107 Å². The second-order valence-corrected chi connectivity index (χ2v) is 10.1. The number of hydrogen-bond donors (Lipinski definition) is 1. The maximum Gasteiger partial charge on any atom is 0.254 e. The zero-order valence-corrected chi connectivity index (χ0v) is 20.8. The van der Waals surface area contributed by atoms with Crippen LogP contribution in [0.1, 0.15) is 47.7 Å². The Morgan fingerprint density at radius 3 is 2.39 bits per heavy atom.